The van der Waals surface area contributed by atoms with Crippen LogP contribution in [-0.4, -0.2) is 57.9 Å². The Balaban J connectivity index is 2.18. The fourth-order valence-electron chi connectivity index (χ4n) is 3.11. The second kappa shape index (κ2) is 6.98. The van der Waals surface area contributed by atoms with Crippen molar-refractivity contribution in [1.82, 2.24) is 9.80 Å². The average molecular weight is 346 g/mol. The molecule has 24 heavy (non-hydrogen) atoms. The second-order valence-corrected chi connectivity index (χ2v) is 6.11. The Morgan fingerprint density at radius 1 is 1.29 bits per heavy atom. The van der Waals surface area contributed by atoms with Gasteiger partial charge in [-0.05, 0) is 31.5 Å². The van der Waals surface area contributed by atoms with Gasteiger partial charge in [0, 0.05) is 25.2 Å². The summed E-state index contributed by atoms with van der Waals surface area (Å²) in [5.41, 5.74) is -0.0151. The molecule has 2 N–H and O–H groups in total. The van der Waals surface area contributed by atoms with Crippen LogP contribution in [0.2, 0.25) is 0 Å². The van der Waals surface area contributed by atoms with Crippen LogP contribution in [0.25, 0.3) is 0 Å². The standard InChI is InChI=1S/C16H21F3N2O3/c1-10-7-21(14(9-22)8-20(10)15(23)24)11(2)12-3-5-13(6-4-12)16(17,18)19/h3-6,10-11,14,22H,7-9H2,1-2H3,(H,23,24)/t10-,11?,14-/m0/s1. The van der Waals surface area contributed by atoms with Crippen LogP contribution in [0, 0.1) is 0 Å². The number of amides is 1. The van der Waals surface area contributed by atoms with E-state index in [0.29, 0.717) is 12.1 Å². The van der Waals surface area contributed by atoms with Crippen molar-refractivity contribution in [2.45, 2.75) is 38.1 Å². The highest BCUT2D eigenvalue weighted by Gasteiger charge is 2.36. The van der Waals surface area contributed by atoms with E-state index in [9.17, 15) is 28.2 Å². The molecule has 1 aromatic carbocycles. The smallest absolute Gasteiger partial charge is 0.416 e. The molecule has 1 amide bonds. The van der Waals surface area contributed by atoms with E-state index >= 15 is 0 Å². The number of halogens is 3. The number of rotatable bonds is 3. The summed E-state index contributed by atoms with van der Waals surface area (Å²) in [5.74, 6) is 0. The molecule has 3 atom stereocenters. The third-order valence-electron chi connectivity index (χ3n) is 4.56. The SMILES string of the molecule is CC(c1ccc(C(F)(F)F)cc1)N1C[C@H](C)N(C(=O)O)C[C@H]1CO. The van der Waals surface area contributed by atoms with Crippen LogP contribution in [0.3, 0.4) is 0 Å². The Bertz CT molecular complexity index is 577. The van der Waals surface area contributed by atoms with Crippen LogP contribution in [0.1, 0.15) is 31.0 Å². The number of hydrogen-bond donors (Lipinski definition) is 2. The minimum Gasteiger partial charge on any atom is -0.465 e. The van der Waals surface area contributed by atoms with Crippen molar-refractivity contribution in [2.75, 3.05) is 19.7 Å². The molecule has 0 bridgehead atoms. The van der Waals surface area contributed by atoms with Gasteiger partial charge in [-0.25, -0.2) is 4.79 Å². The predicted molar refractivity (Wildman–Crippen MR) is 81.6 cm³/mol. The van der Waals surface area contributed by atoms with Crippen molar-refractivity contribution in [3.63, 3.8) is 0 Å². The van der Waals surface area contributed by atoms with E-state index in [0.717, 1.165) is 12.1 Å². The molecule has 2 rings (SSSR count). The van der Waals surface area contributed by atoms with Gasteiger partial charge < -0.3 is 15.1 Å². The quantitative estimate of drug-likeness (QED) is 0.883. The number of aliphatic hydroxyl groups is 1. The average Bonchev–Trinajstić information content (AvgIpc) is 2.53. The molecule has 1 aromatic rings. The van der Waals surface area contributed by atoms with E-state index in [1.165, 1.54) is 17.0 Å². The summed E-state index contributed by atoms with van der Waals surface area (Å²) < 4.78 is 38.0. The molecule has 0 spiro atoms. The molecule has 1 unspecified atom stereocenters. The lowest BCUT2D eigenvalue weighted by Crippen LogP contribution is -2.60. The third kappa shape index (κ3) is 3.81. The van der Waals surface area contributed by atoms with E-state index in [1.807, 2.05) is 11.8 Å². The summed E-state index contributed by atoms with van der Waals surface area (Å²) in [6.07, 6.45) is -5.42. The van der Waals surface area contributed by atoms with Gasteiger partial charge in [0.15, 0.2) is 0 Å². The molecule has 1 fully saturated rings. The number of piperazine rings is 1. The highest BCUT2D eigenvalue weighted by Crippen LogP contribution is 2.32. The number of nitrogens with zero attached hydrogens (tertiary/aromatic N) is 2. The molecule has 134 valence electrons. The zero-order valence-corrected chi connectivity index (χ0v) is 13.5. The van der Waals surface area contributed by atoms with E-state index in [1.54, 1.807) is 6.92 Å². The van der Waals surface area contributed by atoms with Gasteiger partial charge in [-0.3, -0.25) is 4.90 Å². The van der Waals surface area contributed by atoms with Crippen molar-refractivity contribution in [1.29, 1.82) is 0 Å². The van der Waals surface area contributed by atoms with Crippen LogP contribution >= 0.6 is 0 Å². The van der Waals surface area contributed by atoms with Crippen LogP contribution in [0.4, 0.5) is 18.0 Å². The molecule has 5 nitrogen and oxygen atoms in total. The van der Waals surface area contributed by atoms with Gasteiger partial charge in [-0.2, -0.15) is 13.2 Å². The predicted octanol–water partition coefficient (Wildman–Crippen LogP) is 2.81. The molecule has 1 saturated heterocycles. The fraction of sp³-hybridized carbons (Fsp3) is 0.562. The number of carbonyl (C=O) groups is 1. The van der Waals surface area contributed by atoms with Gasteiger partial charge in [-0.1, -0.05) is 12.1 Å². The third-order valence-corrected chi connectivity index (χ3v) is 4.56. The summed E-state index contributed by atoms with van der Waals surface area (Å²) >= 11 is 0. The molecular formula is C16H21F3N2O3. The van der Waals surface area contributed by atoms with Gasteiger partial charge in [0.05, 0.1) is 18.2 Å². The molecule has 0 saturated carbocycles. The molecule has 1 aliphatic heterocycles. The topological polar surface area (TPSA) is 64.0 Å². The largest absolute Gasteiger partial charge is 0.465 e. The summed E-state index contributed by atoms with van der Waals surface area (Å²) in [7, 11) is 0. The molecule has 1 aliphatic rings. The second-order valence-electron chi connectivity index (χ2n) is 6.11. The Kier molecular flexibility index (Phi) is 5.39. The van der Waals surface area contributed by atoms with Crippen molar-refractivity contribution in [2.24, 2.45) is 0 Å². The van der Waals surface area contributed by atoms with Crippen molar-refractivity contribution >= 4 is 6.09 Å². The number of hydrogen-bond acceptors (Lipinski definition) is 3. The first-order valence-electron chi connectivity index (χ1n) is 7.68. The molecule has 0 radical (unpaired) electrons. The van der Waals surface area contributed by atoms with Gasteiger partial charge in [0.2, 0.25) is 0 Å². The number of alkyl halides is 3. The minimum absolute atomic E-state index is 0.165. The monoisotopic (exact) mass is 346 g/mol. The van der Waals surface area contributed by atoms with E-state index in [-0.39, 0.29) is 25.2 Å². The maximum Gasteiger partial charge on any atom is 0.416 e. The number of carboxylic acid groups (broad SMARTS) is 1. The molecule has 0 aromatic heterocycles. The Morgan fingerprint density at radius 3 is 2.33 bits per heavy atom. The van der Waals surface area contributed by atoms with Crippen LogP contribution in [0.5, 0.6) is 0 Å². The van der Waals surface area contributed by atoms with E-state index in [4.69, 9.17) is 0 Å². The van der Waals surface area contributed by atoms with Gasteiger partial charge in [-0.15, -0.1) is 0 Å². The van der Waals surface area contributed by atoms with Gasteiger partial charge >= 0.3 is 12.3 Å². The minimum atomic E-state index is -4.38. The Labute approximate surface area is 138 Å². The van der Waals surface area contributed by atoms with Crippen molar-refractivity contribution < 1.29 is 28.2 Å². The van der Waals surface area contributed by atoms with Crippen LogP contribution in [-0.2, 0) is 6.18 Å². The zero-order chi connectivity index (χ0) is 18.1. The van der Waals surface area contributed by atoms with Gasteiger partial charge in [0.25, 0.3) is 0 Å². The summed E-state index contributed by atoms with van der Waals surface area (Å²) in [6, 6.07) is 4.04. The molecule has 0 aliphatic carbocycles. The molecular weight excluding hydrogens is 325 g/mol. The first kappa shape index (κ1) is 18.5. The van der Waals surface area contributed by atoms with Gasteiger partial charge in [0.1, 0.15) is 0 Å². The van der Waals surface area contributed by atoms with Crippen molar-refractivity contribution in [3.8, 4) is 0 Å². The first-order valence-corrected chi connectivity index (χ1v) is 7.68. The highest BCUT2D eigenvalue weighted by molar-refractivity contribution is 5.65. The normalized spacial score (nSPS) is 24.0. The number of aliphatic hydroxyl groups excluding tert-OH is 1. The maximum absolute atomic E-state index is 12.7. The molecule has 1 heterocycles. The summed E-state index contributed by atoms with van der Waals surface area (Å²) in [6.45, 7) is 3.96. The Morgan fingerprint density at radius 2 is 1.88 bits per heavy atom. The number of benzene rings is 1. The fourth-order valence-corrected chi connectivity index (χ4v) is 3.11. The first-order chi connectivity index (χ1) is 11.1. The summed E-state index contributed by atoms with van der Waals surface area (Å²) in [4.78, 5) is 14.4. The zero-order valence-electron chi connectivity index (χ0n) is 13.5. The molecule has 8 heteroatoms. The highest BCUT2D eigenvalue weighted by atomic mass is 19.4. The van der Waals surface area contributed by atoms with Crippen molar-refractivity contribution in [3.05, 3.63) is 35.4 Å². The lowest BCUT2D eigenvalue weighted by molar-refractivity contribution is -0.137. The van der Waals surface area contributed by atoms with E-state index in [2.05, 4.69) is 0 Å². The lowest BCUT2D eigenvalue weighted by Gasteiger charge is -2.46. The van der Waals surface area contributed by atoms with Crippen LogP contribution < -0.4 is 0 Å². The maximum atomic E-state index is 12.7. The summed E-state index contributed by atoms with van der Waals surface area (Å²) in [5, 5.41) is 18.8. The lowest BCUT2D eigenvalue weighted by atomic mass is 9.99. The van der Waals surface area contributed by atoms with E-state index < -0.39 is 23.9 Å². The van der Waals surface area contributed by atoms with Crippen LogP contribution in [0.15, 0.2) is 24.3 Å². The Hall–Kier alpha value is -1.80.